The number of aliphatic hydroxyl groups excluding tert-OH is 1. The minimum absolute atomic E-state index is 0.0480. The van der Waals surface area contributed by atoms with E-state index in [1.54, 1.807) is 6.92 Å². The Morgan fingerprint density at radius 3 is 2.64 bits per heavy atom. The van der Waals surface area contributed by atoms with Gasteiger partial charge in [0.1, 0.15) is 11.4 Å². The molecule has 122 valence electrons. The van der Waals surface area contributed by atoms with E-state index in [0.29, 0.717) is 0 Å². The van der Waals surface area contributed by atoms with Crippen molar-refractivity contribution >= 4 is 5.91 Å². The zero-order valence-electron chi connectivity index (χ0n) is 14.4. The first-order valence-electron chi connectivity index (χ1n) is 7.96. The number of nitrogens with one attached hydrogen (secondary N) is 1. The second-order valence-corrected chi connectivity index (χ2v) is 6.67. The summed E-state index contributed by atoms with van der Waals surface area (Å²) >= 11 is 0. The molecule has 0 radical (unpaired) electrons. The van der Waals surface area contributed by atoms with Crippen molar-refractivity contribution in [1.29, 1.82) is 0 Å². The summed E-state index contributed by atoms with van der Waals surface area (Å²) in [5.74, 6) is 0.810. The standard InChI is InChI=1S/C18H27NO3/c1-7-18(6)9-16(19-13(5)21)15-8-14(12(4)20)10(2)11(3)17(15)22-18/h8,12,16,20H,7,9H2,1-6H3,(H,19,21). The number of benzene rings is 1. The zero-order chi connectivity index (χ0) is 16.7. The lowest BCUT2D eigenvalue weighted by Gasteiger charge is -2.41. The number of aliphatic hydroxyl groups is 1. The smallest absolute Gasteiger partial charge is 0.217 e. The summed E-state index contributed by atoms with van der Waals surface area (Å²) < 4.78 is 6.29. The van der Waals surface area contributed by atoms with E-state index in [9.17, 15) is 9.90 Å². The molecule has 1 aromatic rings. The van der Waals surface area contributed by atoms with Gasteiger partial charge in [-0.05, 0) is 56.9 Å². The quantitative estimate of drug-likeness (QED) is 0.899. The van der Waals surface area contributed by atoms with Crippen LogP contribution in [-0.4, -0.2) is 16.6 Å². The highest BCUT2D eigenvalue weighted by molar-refractivity contribution is 5.74. The molecule has 2 rings (SSSR count). The molecular weight excluding hydrogens is 278 g/mol. The van der Waals surface area contributed by atoms with Crippen LogP contribution in [0.25, 0.3) is 0 Å². The topological polar surface area (TPSA) is 58.6 Å². The second-order valence-electron chi connectivity index (χ2n) is 6.67. The molecule has 1 aliphatic heterocycles. The fourth-order valence-electron chi connectivity index (χ4n) is 3.19. The lowest BCUT2D eigenvalue weighted by Crippen LogP contribution is -2.43. The Hall–Kier alpha value is -1.55. The summed E-state index contributed by atoms with van der Waals surface area (Å²) in [4.78, 5) is 11.6. The monoisotopic (exact) mass is 305 g/mol. The molecule has 2 N–H and O–H groups in total. The number of hydrogen-bond donors (Lipinski definition) is 2. The molecule has 0 aliphatic carbocycles. The number of hydrogen-bond acceptors (Lipinski definition) is 3. The largest absolute Gasteiger partial charge is 0.487 e. The molecule has 0 spiro atoms. The third-order valence-electron chi connectivity index (χ3n) is 4.84. The van der Waals surface area contributed by atoms with Crippen LogP contribution in [0.3, 0.4) is 0 Å². The van der Waals surface area contributed by atoms with E-state index in [-0.39, 0.29) is 17.6 Å². The van der Waals surface area contributed by atoms with E-state index >= 15 is 0 Å². The summed E-state index contributed by atoms with van der Waals surface area (Å²) in [6.07, 6.45) is 1.07. The van der Waals surface area contributed by atoms with Gasteiger partial charge in [0, 0.05) is 18.9 Å². The maximum absolute atomic E-state index is 11.6. The lowest BCUT2D eigenvalue weighted by atomic mass is 9.83. The molecular formula is C18H27NO3. The van der Waals surface area contributed by atoms with Crippen LogP contribution in [0.2, 0.25) is 0 Å². The molecule has 22 heavy (non-hydrogen) atoms. The summed E-state index contributed by atoms with van der Waals surface area (Å²) in [6, 6.07) is 1.90. The number of rotatable bonds is 3. The van der Waals surface area contributed by atoms with Crippen LogP contribution in [0.4, 0.5) is 0 Å². The van der Waals surface area contributed by atoms with E-state index < -0.39 is 6.10 Å². The van der Waals surface area contributed by atoms with Gasteiger partial charge < -0.3 is 15.2 Å². The Bertz CT molecular complexity index is 594. The van der Waals surface area contributed by atoms with Gasteiger partial charge in [-0.3, -0.25) is 4.79 Å². The fourth-order valence-corrected chi connectivity index (χ4v) is 3.19. The highest BCUT2D eigenvalue weighted by atomic mass is 16.5. The van der Waals surface area contributed by atoms with Crippen molar-refractivity contribution in [2.45, 2.75) is 72.1 Å². The van der Waals surface area contributed by atoms with Crippen LogP contribution < -0.4 is 10.1 Å². The van der Waals surface area contributed by atoms with E-state index in [1.165, 1.54) is 6.92 Å². The Morgan fingerprint density at radius 1 is 1.50 bits per heavy atom. The van der Waals surface area contributed by atoms with Crippen molar-refractivity contribution in [3.63, 3.8) is 0 Å². The second kappa shape index (κ2) is 5.92. The SMILES string of the molecule is CCC1(C)CC(NC(C)=O)c2cc(C(C)O)c(C)c(C)c2O1. The minimum atomic E-state index is -0.540. The summed E-state index contributed by atoms with van der Waals surface area (Å²) in [5, 5.41) is 13.1. The van der Waals surface area contributed by atoms with Crippen molar-refractivity contribution in [2.75, 3.05) is 0 Å². The molecule has 0 saturated carbocycles. The van der Waals surface area contributed by atoms with Gasteiger partial charge in [-0.25, -0.2) is 0 Å². The first-order valence-corrected chi connectivity index (χ1v) is 7.96. The molecule has 1 aromatic carbocycles. The van der Waals surface area contributed by atoms with Crippen molar-refractivity contribution < 1.29 is 14.6 Å². The van der Waals surface area contributed by atoms with E-state index in [2.05, 4.69) is 19.2 Å². The normalized spacial score (nSPS) is 25.1. The lowest BCUT2D eigenvalue weighted by molar-refractivity contribution is -0.120. The average Bonchev–Trinajstić information content (AvgIpc) is 2.42. The van der Waals surface area contributed by atoms with Crippen molar-refractivity contribution in [3.8, 4) is 5.75 Å². The molecule has 0 aromatic heterocycles. The molecule has 1 amide bonds. The summed E-state index contributed by atoms with van der Waals surface area (Å²) in [6.45, 7) is 11.5. The molecule has 0 saturated heterocycles. The van der Waals surface area contributed by atoms with Gasteiger partial charge in [0.15, 0.2) is 0 Å². The summed E-state index contributed by atoms with van der Waals surface area (Å²) in [5.41, 5.74) is 3.68. The Kier molecular flexibility index (Phi) is 4.52. The van der Waals surface area contributed by atoms with Crippen molar-refractivity contribution in [2.24, 2.45) is 0 Å². The highest BCUT2D eigenvalue weighted by Gasteiger charge is 2.38. The third kappa shape index (κ3) is 2.98. The first kappa shape index (κ1) is 16.8. The molecule has 1 heterocycles. The highest BCUT2D eigenvalue weighted by Crippen LogP contribution is 2.45. The van der Waals surface area contributed by atoms with Gasteiger partial charge in [0.05, 0.1) is 12.1 Å². The number of amides is 1. The Balaban J connectivity index is 2.61. The minimum Gasteiger partial charge on any atom is -0.487 e. The molecule has 3 unspecified atom stereocenters. The molecule has 1 aliphatic rings. The van der Waals surface area contributed by atoms with Crippen LogP contribution >= 0.6 is 0 Å². The van der Waals surface area contributed by atoms with Crippen LogP contribution in [0.15, 0.2) is 6.07 Å². The number of fused-ring (bicyclic) bond motifs is 1. The number of carbonyl (C=O) groups excluding carboxylic acids is 1. The van der Waals surface area contributed by atoms with Crippen LogP contribution in [-0.2, 0) is 4.79 Å². The van der Waals surface area contributed by atoms with Gasteiger partial charge in [-0.2, -0.15) is 0 Å². The maximum atomic E-state index is 11.6. The molecule has 3 atom stereocenters. The average molecular weight is 305 g/mol. The Labute approximate surface area is 132 Å². The summed E-state index contributed by atoms with van der Waals surface area (Å²) in [7, 11) is 0. The van der Waals surface area contributed by atoms with Gasteiger partial charge >= 0.3 is 0 Å². The molecule has 0 fully saturated rings. The third-order valence-corrected chi connectivity index (χ3v) is 4.84. The van der Waals surface area contributed by atoms with Crippen LogP contribution in [0.5, 0.6) is 5.75 Å². The van der Waals surface area contributed by atoms with E-state index in [4.69, 9.17) is 4.74 Å². The Morgan fingerprint density at radius 2 is 2.14 bits per heavy atom. The van der Waals surface area contributed by atoms with Crippen LogP contribution in [0, 0.1) is 13.8 Å². The number of ether oxygens (including phenoxy) is 1. The fraction of sp³-hybridized carbons (Fsp3) is 0.611. The van der Waals surface area contributed by atoms with Crippen LogP contribution in [0.1, 0.15) is 74.9 Å². The van der Waals surface area contributed by atoms with Gasteiger partial charge in [-0.1, -0.05) is 6.92 Å². The van der Waals surface area contributed by atoms with E-state index in [0.717, 1.165) is 40.8 Å². The predicted molar refractivity (Wildman–Crippen MR) is 87.0 cm³/mol. The van der Waals surface area contributed by atoms with Crippen molar-refractivity contribution in [3.05, 3.63) is 28.3 Å². The first-order chi connectivity index (χ1) is 10.2. The van der Waals surface area contributed by atoms with Crippen molar-refractivity contribution in [1.82, 2.24) is 5.32 Å². The molecule has 4 nitrogen and oxygen atoms in total. The zero-order valence-corrected chi connectivity index (χ0v) is 14.4. The molecule has 4 heteroatoms. The predicted octanol–water partition coefficient (Wildman–Crippen LogP) is 3.49. The van der Waals surface area contributed by atoms with Gasteiger partial charge in [0.2, 0.25) is 5.91 Å². The van der Waals surface area contributed by atoms with Gasteiger partial charge in [0.25, 0.3) is 0 Å². The van der Waals surface area contributed by atoms with E-state index in [1.807, 2.05) is 19.9 Å². The number of carbonyl (C=O) groups is 1. The molecule has 0 bridgehead atoms. The maximum Gasteiger partial charge on any atom is 0.217 e. The van der Waals surface area contributed by atoms with Gasteiger partial charge in [-0.15, -0.1) is 0 Å².